The van der Waals surface area contributed by atoms with Crippen LogP contribution in [-0.2, 0) is 28.9 Å². The number of ketones is 1. The van der Waals surface area contributed by atoms with E-state index in [1.54, 1.807) is 0 Å². The molecule has 2 rings (SSSR count). The molecule has 18 heavy (non-hydrogen) atoms. The van der Waals surface area contributed by atoms with Gasteiger partial charge in [0.25, 0.3) is 0 Å². The van der Waals surface area contributed by atoms with Gasteiger partial charge < -0.3 is 4.74 Å². The lowest BCUT2D eigenvalue weighted by atomic mass is 9.92. The SMILES string of the molecule is CCc1cc(CC(=O)C2CCOCC2)n(CC)n1. The third-order valence-corrected chi connectivity index (χ3v) is 3.61. The monoisotopic (exact) mass is 250 g/mol. The minimum Gasteiger partial charge on any atom is -0.381 e. The van der Waals surface area contributed by atoms with Gasteiger partial charge in [-0.15, -0.1) is 0 Å². The molecule has 0 saturated carbocycles. The number of hydrogen-bond acceptors (Lipinski definition) is 3. The fraction of sp³-hybridized carbons (Fsp3) is 0.714. The van der Waals surface area contributed by atoms with E-state index in [9.17, 15) is 4.79 Å². The highest BCUT2D eigenvalue weighted by molar-refractivity contribution is 5.83. The quantitative estimate of drug-likeness (QED) is 0.803. The van der Waals surface area contributed by atoms with E-state index in [0.717, 1.165) is 50.4 Å². The molecule has 0 aliphatic carbocycles. The molecule has 0 amide bonds. The molecule has 0 N–H and O–H groups in total. The molecule has 1 aliphatic rings. The van der Waals surface area contributed by atoms with E-state index in [1.165, 1.54) is 0 Å². The molecule has 1 saturated heterocycles. The van der Waals surface area contributed by atoms with Crippen LogP contribution in [0.3, 0.4) is 0 Å². The zero-order chi connectivity index (χ0) is 13.0. The van der Waals surface area contributed by atoms with Gasteiger partial charge in [0.05, 0.1) is 5.69 Å². The highest BCUT2D eigenvalue weighted by Crippen LogP contribution is 2.18. The number of carbonyl (C=O) groups excluding carboxylic acids is 1. The minimum absolute atomic E-state index is 0.184. The van der Waals surface area contributed by atoms with Gasteiger partial charge in [0, 0.05) is 37.8 Å². The molecule has 0 atom stereocenters. The Morgan fingerprint density at radius 3 is 2.78 bits per heavy atom. The molecule has 1 fully saturated rings. The Morgan fingerprint density at radius 2 is 2.17 bits per heavy atom. The van der Waals surface area contributed by atoms with E-state index >= 15 is 0 Å². The lowest BCUT2D eigenvalue weighted by Gasteiger charge is -2.20. The lowest BCUT2D eigenvalue weighted by Crippen LogP contribution is -2.25. The van der Waals surface area contributed by atoms with Crippen molar-refractivity contribution in [3.05, 3.63) is 17.5 Å². The van der Waals surface area contributed by atoms with E-state index in [2.05, 4.69) is 25.0 Å². The van der Waals surface area contributed by atoms with Crippen LogP contribution in [0.4, 0.5) is 0 Å². The lowest BCUT2D eigenvalue weighted by molar-refractivity contribution is -0.125. The molecule has 100 valence electrons. The standard InChI is InChI=1S/C14H22N2O2/c1-3-12-9-13(16(4-2)15-12)10-14(17)11-5-7-18-8-6-11/h9,11H,3-8,10H2,1-2H3. The summed E-state index contributed by atoms with van der Waals surface area (Å²) in [7, 11) is 0. The van der Waals surface area contributed by atoms with Crippen molar-refractivity contribution in [2.75, 3.05) is 13.2 Å². The first-order valence-corrected chi connectivity index (χ1v) is 6.90. The molecule has 1 aromatic rings. The van der Waals surface area contributed by atoms with E-state index < -0.39 is 0 Å². The van der Waals surface area contributed by atoms with Crippen molar-refractivity contribution in [2.45, 2.75) is 46.1 Å². The average molecular weight is 250 g/mol. The largest absolute Gasteiger partial charge is 0.381 e. The van der Waals surface area contributed by atoms with Gasteiger partial charge in [0.15, 0.2) is 0 Å². The second kappa shape index (κ2) is 6.14. The van der Waals surface area contributed by atoms with Gasteiger partial charge in [-0.2, -0.15) is 5.10 Å². The van der Waals surface area contributed by atoms with E-state index in [0.29, 0.717) is 12.2 Å². The van der Waals surface area contributed by atoms with Gasteiger partial charge >= 0.3 is 0 Å². The van der Waals surface area contributed by atoms with Crippen molar-refractivity contribution in [3.63, 3.8) is 0 Å². The fourth-order valence-corrected chi connectivity index (χ4v) is 2.45. The van der Waals surface area contributed by atoms with E-state index in [4.69, 9.17) is 4.74 Å². The van der Waals surface area contributed by atoms with Crippen LogP contribution in [0.5, 0.6) is 0 Å². The molecule has 2 heterocycles. The highest BCUT2D eigenvalue weighted by Gasteiger charge is 2.22. The molecular formula is C14H22N2O2. The Balaban J connectivity index is 2.03. The fourth-order valence-electron chi connectivity index (χ4n) is 2.45. The Kier molecular flexibility index (Phi) is 4.53. The summed E-state index contributed by atoms with van der Waals surface area (Å²) in [6.45, 7) is 6.44. The topological polar surface area (TPSA) is 44.1 Å². The maximum atomic E-state index is 12.2. The highest BCUT2D eigenvalue weighted by atomic mass is 16.5. The van der Waals surface area contributed by atoms with Crippen molar-refractivity contribution >= 4 is 5.78 Å². The zero-order valence-corrected chi connectivity index (χ0v) is 11.3. The number of rotatable bonds is 5. The van der Waals surface area contributed by atoms with Crippen molar-refractivity contribution in [1.29, 1.82) is 0 Å². The summed E-state index contributed by atoms with van der Waals surface area (Å²) in [6, 6.07) is 2.07. The first-order chi connectivity index (χ1) is 8.74. The second-order valence-corrected chi connectivity index (χ2v) is 4.83. The number of hydrogen-bond donors (Lipinski definition) is 0. The van der Waals surface area contributed by atoms with Gasteiger partial charge in [-0.05, 0) is 32.3 Å². The number of ether oxygens (including phenoxy) is 1. The first kappa shape index (κ1) is 13.3. The smallest absolute Gasteiger partial charge is 0.142 e. The van der Waals surface area contributed by atoms with E-state index in [1.807, 2.05) is 4.68 Å². The summed E-state index contributed by atoms with van der Waals surface area (Å²) >= 11 is 0. The Morgan fingerprint density at radius 1 is 1.44 bits per heavy atom. The zero-order valence-electron chi connectivity index (χ0n) is 11.3. The first-order valence-electron chi connectivity index (χ1n) is 6.90. The third kappa shape index (κ3) is 2.99. The Labute approximate surface area is 108 Å². The molecule has 0 aromatic carbocycles. The molecule has 4 heteroatoms. The predicted molar refractivity (Wildman–Crippen MR) is 69.5 cm³/mol. The maximum Gasteiger partial charge on any atom is 0.142 e. The molecule has 0 unspecified atom stereocenters. The van der Waals surface area contributed by atoms with Gasteiger partial charge in [0.1, 0.15) is 5.78 Å². The van der Waals surface area contributed by atoms with Crippen LogP contribution >= 0.6 is 0 Å². The van der Waals surface area contributed by atoms with Crippen LogP contribution in [0.2, 0.25) is 0 Å². The van der Waals surface area contributed by atoms with Crippen molar-refractivity contribution in [2.24, 2.45) is 5.92 Å². The molecule has 0 radical (unpaired) electrons. The Hall–Kier alpha value is -1.16. The summed E-state index contributed by atoms with van der Waals surface area (Å²) < 4.78 is 7.25. The maximum absolute atomic E-state index is 12.2. The number of carbonyl (C=O) groups is 1. The van der Waals surface area contributed by atoms with Gasteiger partial charge in [-0.1, -0.05) is 6.92 Å². The van der Waals surface area contributed by atoms with Crippen LogP contribution in [0.25, 0.3) is 0 Å². The molecule has 4 nitrogen and oxygen atoms in total. The van der Waals surface area contributed by atoms with Crippen molar-refractivity contribution < 1.29 is 9.53 Å². The van der Waals surface area contributed by atoms with Crippen LogP contribution in [0, 0.1) is 5.92 Å². The summed E-state index contributed by atoms with van der Waals surface area (Å²) in [4.78, 5) is 12.2. The number of Topliss-reactive ketones (excluding diaryl/α,β-unsaturated/α-hetero) is 1. The van der Waals surface area contributed by atoms with Crippen molar-refractivity contribution in [1.82, 2.24) is 9.78 Å². The summed E-state index contributed by atoms with van der Waals surface area (Å²) in [5, 5.41) is 4.49. The number of nitrogens with zero attached hydrogens (tertiary/aromatic N) is 2. The molecule has 1 aliphatic heterocycles. The van der Waals surface area contributed by atoms with Gasteiger partial charge in [-0.25, -0.2) is 0 Å². The molecule has 1 aromatic heterocycles. The van der Waals surface area contributed by atoms with Gasteiger partial charge in [0.2, 0.25) is 0 Å². The average Bonchev–Trinajstić information content (AvgIpc) is 2.82. The van der Waals surface area contributed by atoms with Crippen LogP contribution in [-0.4, -0.2) is 28.8 Å². The third-order valence-electron chi connectivity index (χ3n) is 3.61. The van der Waals surface area contributed by atoms with Crippen LogP contribution in [0.1, 0.15) is 38.1 Å². The number of aromatic nitrogens is 2. The van der Waals surface area contributed by atoms with Crippen LogP contribution < -0.4 is 0 Å². The second-order valence-electron chi connectivity index (χ2n) is 4.83. The Bertz CT molecular complexity index is 406. The minimum atomic E-state index is 0.184. The van der Waals surface area contributed by atoms with Gasteiger partial charge in [-0.3, -0.25) is 9.48 Å². The van der Waals surface area contributed by atoms with Crippen molar-refractivity contribution in [3.8, 4) is 0 Å². The summed E-state index contributed by atoms with van der Waals surface area (Å²) in [6.07, 6.45) is 3.19. The molecule has 0 bridgehead atoms. The van der Waals surface area contributed by atoms with E-state index in [-0.39, 0.29) is 5.92 Å². The summed E-state index contributed by atoms with van der Waals surface area (Å²) in [5.41, 5.74) is 2.14. The molecule has 0 spiro atoms. The summed E-state index contributed by atoms with van der Waals surface area (Å²) in [5.74, 6) is 0.527. The van der Waals surface area contributed by atoms with Crippen LogP contribution in [0.15, 0.2) is 6.07 Å². The normalized spacial score (nSPS) is 17.0. The predicted octanol–water partition coefficient (Wildman–Crippen LogP) is 2.00. The number of aryl methyl sites for hydroxylation is 2. The molecular weight excluding hydrogens is 228 g/mol.